The highest BCUT2D eigenvalue weighted by molar-refractivity contribution is 7.03. The number of H-pyrrole nitrogens is 1. The van der Waals surface area contributed by atoms with Gasteiger partial charge in [0.05, 0.1) is 11.7 Å². The van der Waals surface area contributed by atoms with Crippen LogP contribution in [-0.4, -0.2) is 25.1 Å². The second-order valence-corrected chi connectivity index (χ2v) is 11.1. The molecular formula is C27H30N4O4S. The zero-order valence-electron chi connectivity index (χ0n) is 21.0. The maximum absolute atomic E-state index is 14.0. The van der Waals surface area contributed by atoms with Gasteiger partial charge in [0.15, 0.2) is 5.82 Å². The largest absolute Gasteiger partial charge is 0.465 e. The van der Waals surface area contributed by atoms with Crippen LogP contribution in [0.15, 0.2) is 58.1 Å². The molecule has 0 aliphatic rings. The zero-order chi connectivity index (χ0) is 26.2. The smallest absolute Gasteiger partial charge is 0.405 e. The van der Waals surface area contributed by atoms with E-state index >= 15 is 0 Å². The van der Waals surface area contributed by atoms with Gasteiger partial charge in [-0.15, -0.1) is 0 Å². The number of aromatic amines is 1. The average Bonchev–Trinajstić information content (AvgIpc) is 3.25. The molecule has 1 amide bonds. The lowest BCUT2D eigenvalue weighted by atomic mass is 9.80. The Kier molecular flexibility index (Phi) is 6.86. The molecule has 0 spiro atoms. The first-order valence-corrected chi connectivity index (χ1v) is 12.6. The van der Waals surface area contributed by atoms with Crippen molar-refractivity contribution in [3.63, 3.8) is 0 Å². The lowest BCUT2D eigenvalue weighted by Gasteiger charge is -2.35. The van der Waals surface area contributed by atoms with Gasteiger partial charge in [0.1, 0.15) is 0 Å². The van der Waals surface area contributed by atoms with E-state index in [0.717, 1.165) is 22.7 Å². The Morgan fingerprint density at radius 3 is 2.33 bits per heavy atom. The van der Waals surface area contributed by atoms with Crippen molar-refractivity contribution in [1.29, 1.82) is 0 Å². The van der Waals surface area contributed by atoms with Crippen LogP contribution in [0.4, 0.5) is 4.79 Å². The van der Waals surface area contributed by atoms with E-state index in [2.05, 4.69) is 14.7 Å². The topological polar surface area (TPSA) is 117 Å². The fourth-order valence-electron chi connectivity index (χ4n) is 4.54. The number of pyridine rings is 1. The van der Waals surface area contributed by atoms with Crippen LogP contribution in [0.5, 0.6) is 0 Å². The number of fused-ring (bicyclic) bond motifs is 1. The predicted octanol–water partition coefficient (Wildman–Crippen LogP) is 5.49. The molecule has 1 atom stereocenters. The van der Waals surface area contributed by atoms with Crippen molar-refractivity contribution in [2.24, 2.45) is 11.3 Å². The zero-order valence-corrected chi connectivity index (χ0v) is 21.8. The molecular weight excluding hydrogens is 476 g/mol. The third-order valence-electron chi connectivity index (χ3n) is 6.04. The molecule has 0 aliphatic carbocycles. The number of amides is 1. The monoisotopic (exact) mass is 506 g/mol. The summed E-state index contributed by atoms with van der Waals surface area (Å²) in [6, 6.07) is 14.4. The quantitative estimate of drug-likeness (QED) is 0.320. The fraction of sp³-hybridized carbons (Fsp3) is 0.333. The first kappa shape index (κ1) is 25.4. The van der Waals surface area contributed by atoms with E-state index in [9.17, 15) is 19.5 Å². The Morgan fingerprint density at radius 1 is 1.08 bits per heavy atom. The molecule has 1 unspecified atom stereocenters. The number of hydrogen-bond acceptors (Lipinski definition) is 5. The van der Waals surface area contributed by atoms with Gasteiger partial charge in [0.25, 0.3) is 5.56 Å². The summed E-state index contributed by atoms with van der Waals surface area (Å²) in [6.45, 7) is 10.3. The third kappa shape index (κ3) is 4.97. The Bertz CT molecular complexity index is 1530. The summed E-state index contributed by atoms with van der Waals surface area (Å²) in [5.41, 5.74) is 2.19. The summed E-state index contributed by atoms with van der Waals surface area (Å²) in [4.78, 5) is 40.1. The molecule has 0 bridgehead atoms. The van der Waals surface area contributed by atoms with Gasteiger partial charge < -0.3 is 15.0 Å². The average molecular weight is 507 g/mol. The van der Waals surface area contributed by atoms with Crippen LogP contribution in [0.3, 0.4) is 0 Å². The van der Waals surface area contributed by atoms with Crippen molar-refractivity contribution in [2.75, 3.05) is 0 Å². The van der Waals surface area contributed by atoms with Crippen molar-refractivity contribution in [3.05, 3.63) is 74.2 Å². The fourth-order valence-corrected chi connectivity index (χ4v) is 5.01. The Labute approximate surface area is 212 Å². The molecule has 3 N–H and O–H groups in total. The molecule has 36 heavy (non-hydrogen) atoms. The molecule has 8 nitrogen and oxygen atoms in total. The standard InChI is InChI=1S/C27H30N4O4S/c1-15(2)14-31-21(22(27(3,4)5)28-25(33)34)20(16-9-7-6-8-10-16)19-13-17(11-12-18(19)24(31)32)23-29-26(35)36-30-23/h6-13,15,22,28H,14H2,1-5H3,(H,33,34)(H,29,30,35). The number of carbonyl (C=O) groups is 1. The highest BCUT2D eigenvalue weighted by atomic mass is 32.1. The van der Waals surface area contributed by atoms with Gasteiger partial charge in [-0.1, -0.05) is 71.0 Å². The lowest BCUT2D eigenvalue weighted by molar-refractivity contribution is 0.172. The number of benzene rings is 2. The summed E-state index contributed by atoms with van der Waals surface area (Å²) < 4.78 is 5.94. The number of nitrogens with one attached hydrogen (secondary N) is 2. The summed E-state index contributed by atoms with van der Waals surface area (Å²) >= 11 is 0.834. The van der Waals surface area contributed by atoms with Crippen LogP contribution in [0.25, 0.3) is 33.3 Å². The van der Waals surface area contributed by atoms with Crippen LogP contribution in [-0.2, 0) is 6.54 Å². The molecule has 9 heteroatoms. The molecule has 2 aromatic carbocycles. The molecule has 0 fully saturated rings. The molecule has 4 rings (SSSR count). The number of rotatable bonds is 6. The second kappa shape index (κ2) is 9.73. The van der Waals surface area contributed by atoms with Gasteiger partial charge in [-0.25, -0.2) is 4.79 Å². The van der Waals surface area contributed by atoms with Gasteiger partial charge in [0.2, 0.25) is 0 Å². The first-order valence-electron chi connectivity index (χ1n) is 11.8. The number of aromatic nitrogens is 3. The Morgan fingerprint density at radius 2 is 1.78 bits per heavy atom. The van der Waals surface area contributed by atoms with Crippen molar-refractivity contribution in [3.8, 4) is 22.5 Å². The predicted molar refractivity (Wildman–Crippen MR) is 144 cm³/mol. The highest BCUT2D eigenvalue weighted by Gasteiger charge is 2.34. The van der Waals surface area contributed by atoms with Gasteiger partial charge in [-0.3, -0.25) is 14.6 Å². The van der Waals surface area contributed by atoms with Gasteiger partial charge in [0, 0.05) is 34.6 Å². The Hall–Kier alpha value is -3.72. The number of carboxylic acid groups (broad SMARTS) is 1. The van der Waals surface area contributed by atoms with E-state index in [-0.39, 0.29) is 16.4 Å². The van der Waals surface area contributed by atoms with E-state index < -0.39 is 17.6 Å². The molecule has 0 aliphatic heterocycles. The minimum atomic E-state index is -1.16. The third-order valence-corrected chi connectivity index (χ3v) is 6.58. The van der Waals surface area contributed by atoms with Crippen molar-refractivity contribution < 1.29 is 9.90 Å². The van der Waals surface area contributed by atoms with Crippen molar-refractivity contribution in [2.45, 2.75) is 47.2 Å². The van der Waals surface area contributed by atoms with Crippen LogP contribution < -0.4 is 15.7 Å². The van der Waals surface area contributed by atoms with Crippen molar-refractivity contribution >= 4 is 28.4 Å². The summed E-state index contributed by atoms with van der Waals surface area (Å²) in [5, 5.41) is 13.7. The molecule has 0 saturated heterocycles. The highest BCUT2D eigenvalue weighted by Crippen LogP contribution is 2.41. The summed E-state index contributed by atoms with van der Waals surface area (Å²) in [6.07, 6.45) is -1.16. The van der Waals surface area contributed by atoms with Crippen LogP contribution >= 0.6 is 11.5 Å². The first-order chi connectivity index (χ1) is 17.0. The van der Waals surface area contributed by atoms with Gasteiger partial charge in [-0.2, -0.15) is 4.37 Å². The maximum atomic E-state index is 14.0. The number of nitrogens with zero attached hydrogens (tertiary/aromatic N) is 2. The maximum Gasteiger partial charge on any atom is 0.405 e. The van der Waals surface area contributed by atoms with Crippen molar-refractivity contribution in [1.82, 2.24) is 19.2 Å². The SMILES string of the molecule is CC(C)Cn1c(C(NC(=O)O)C(C)(C)C)c(-c2ccccc2)c2cc(-c3nsc(=O)[nH]3)ccc2c1=O. The lowest BCUT2D eigenvalue weighted by Crippen LogP contribution is -2.40. The second-order valence-electron chi connectivity index (χ2n) is 10.4. The van der Waals surface area contributed by atoms with E-state index in [1.165, 1.54) is 0 Å². The molecule has 188 valence electrons. The van der Waals surface area contributed by atoms with E-state index in [0.29, 0.717) is 34.4 Å². The minimum absolute atomic E-state index is 0.146. The molecule has 2 aromatic heterocycles. The normalized spacial score (nSPS) is 12.7. The Balaban J connectivity index is 2.21. The summed E-state index contributed by atoms with van der Waals surface area (Å²) in [7, 11) is 0. The van der Waals surface area contributed by atoms with Gasteiger partial charge >= 0.3 is 11.0 Å². The van der Waals surface area contributed by atoms with E-state index in [1.54, 1.807) is 16.7 Å². The minimum Gasteiger partial charge on any atom is -0.465 e. The van der Waals surface area contributed by atoms with Crippen LogP contribution in [0, 0.1) is 11.3 Å². The molecule has 2 heterocycles. The van der Waals surface area contributed by atoms with Gasteiger partial charge in [-0.05, 0) is 34.4 Å². The van der Waals surface area contributed by atoms with Crippen LogP contribution in [0.2, 0.25) is 0 Å². The molecule has 0 radical (unpaired) electrons. The van der Waals surface area contributed by atoms with Crippen LogP contribution in [0.1, 0.15) is 46.4 Å². The molecule has 4 aromatic rings. The molecule has 0 saturated carbocycles. The van der Waals surface area contributed by atoms with E-state index in [4.69, 9.17) is 0 Å². The summed E-state index contributed by atoms with van der Waals surface area (Å²) in [5.74, 6) is 0.571. The van der Waals surface area contributed by atoms with E-state index in [1.807, 2.05) is 71.0 Å². The number of hydrogen-bond donors (Lipinski definition) is 3.